The molecule has 130 valence electrons. The number of para-hydroxylation sites is 1. The molecule has 0 aromatic heterocycles. The van der Waals surface area contributed by atoms with Gasteiger partial charge in [-0.3, -0.25) is 9.69 Å². The van der Waals surface area contributed by atoms with Crippen LogP contribution < -0.4 is 10.1 Å². The number of carbonyl (C=O) groups is 1. The summed E-state index contributed by atoms with van der Waals surface area (Å²) in [6, 6.07) is 14.7. The third-order valence-corrected chi connectivity index (χ3v) is 4.47. The van der Waals surface area contributed by atoms with Crippen LogP contribution in [-0.2, 0) is 11.3 Å². The van der Waals surface area contributed by atoms with E-state index in [1.54, 1.807) is 18.2 Å². The highest BCUT2D eigenvalue weighted by Gasteiger charge is 2.31. The van der Waals surface area contributed by atoms with Crippen LogP contribution in [0.2, 0.25) is 5.02 Å². The fraction of sp³-hybridized carbons (Fsp3) is 0.100. The van der Waals surface area contributed by atoms with Crippen LogP contribution in [-0.4, -0.2) is 22.5 Å². The van der Waals surface area contributed by atoms with Crippen LogP contribution in [0.5, 0.6) is 5.75 Å². The Morgan fingerprint density at radius 2 is 1.96 bits per heavy atom. The largest absolute Gasteiger partial charge is 0.480 e. The number of hydrogen-bond donors (Lipinski definition) is 1. The van der Waals surface area contributed by atoms with E-state index < -0.39 is 0 Å². The molecule has 1 fully saturated rings. The fourth-order valence-electron chi connectivity index (χ4n) is 2.52. The Morgan fingerprint density at radius 1 is 1.23 bits per heavy atom. The number of hydrogen-bond acceptors (Lipinski definition) is 3. The van der Waals surface area contributed by atoms with Gasteiger partial charge in [0.05, 0.1) is 6.54 Å². The molecule has 0 aliphatic carbocycles. The minimum Gasteiger partial charge on any atom is -0.480 e. The molecule has 0 unspecified atom stereocenters. The number of carbonyl (C=O) groups excluding carboxylic acids is 1. The molecule has 1 N–H and O–H groups in total. The molecule has 2 aromatic rings. The standard InChI is InChI=1S/C20H15ClN2O2S/c1-2-11-25-18-10-6-4-7-14(18)12-17-19(24)23(20(26)22-17)13-15-8-3-5-9-16(15)21/h1,3-10,12H,11,13H2,(H,22,26)/b17-12+. The van der Waals surface area contributed by atoms with Crippen LogP contribution in [0.25, 0.3) is 6.08 Å². The predicted molar refractivity (Wildman–Crippen MR) is 106 cm³/mol. The lowest BCUT2D eigenvalue weighted by Crippen LogP contribution is -2.30. The van der Waals surface area contributed by atoms with E-state index in [4.69, 9.17) is 35.0 Å². The average molecular weight is 383 g/mol. The maximum absolute atomic E-state index is 12.8. The van der Waals surface area contributed by atoms with Gasteiger partial charge in [-0.25, -0.2) is 0 Å². The van der Waals surface area contributed by atoms with Gasteiger partial charge in [-0.05, 0) is 36.0 Å². The lowest BCUT2D eigenvalue weighted by atomic mass is 10.1. The molecular formula is C20H15ClN2O2S. The number of terminal acetylenes is 1. The molecule has 2 aromatic carbocycles. The topological polar surface area (TPSA) is 41.6 Å². The van der Waals surface area contributed by atoms with Gasteiger partial charge in [0.15, 0.2) is 5.11 Å². The van der Waals surface area contributed by atoms with Crippen molar-refractivity contribution in [3.05, 3.63) is 70.4 Å². The van der Waals surface area contributed by atoms with E-state index in [1.165, 1.54) is 4.90 Å². The van der Waals surface area contributed by atoms with Gasteiger partial charge in [-0.2, -0.15) is 0 Å². The van der Waals surface area contributed by atoms with Crippen molar-refractivity contribution in [2.45, 2.75) is 6.54 Å². The molecule has 26 heavy (non-hydrogen) atoms. The summed E-state index contributed by atoms with van der Waals surface area (Å²) in [6.45, 7) is 0.454. The molecule has 0 bridgehead atoms. The van der Waals surface area contributed by atoms with E-state index in [0.717, 1.165) is 11.1 Å². The summed E-state index contributed by atoms with van der Waals surface area (Å²) >= 11 is 11.5. The quantitative estimate of drug-likeness (QED) is 0.487. The van der Waals surface area contributed by atoms with Gasteiger partial charge in [0.1, 0.15) is 18.1 Å². The zero-order chi connectivity index (χ0) is 18.5. The highest BCUT2D eigenvalue weighted by molar-refractivity contribution is 7.80. The van der Waals surface area contributed by atoms with Gasteiger partial charge in [0, 0.05) is 10.6 Å². The molecule has 3 rings (SSSR count). The second kappa shape index (κ2) is 8.05. The number of amides is 1. The van der Waals surface area contributed by atoms with Crippen molar-refractivity contribution < 1.29 is 9.53 Å². The normalized spacial score (nSPS) is 15.1. The first-order valence-electron chi connectivity index (χ1n) is 7.83. The van der Waals surface area contributed by atoms with Crippen LogP contribution >= 0.6 is 23.8 Å². The summed E-state index contributed by atoms with van der Waals surface area (Å²) < 4.78 is 5.51. The Hall–Kier alpha value is -2.81. The highest BCUT2D eigenvalue weighted by atomic mass is 35.5. The Labute approximate surface area is 162 Å². The Balaban J connectivity index is 1.84. The number of rotatable bonds is 5. The second-order valence-corrected chi connectivity index (χ2v) is 6.30. The molecule has 0 spiro atoms. The molecule has 4 nitrogen and oxygen atoms in total. The summed E-state index contributed by atoms with van der Waals surface area (Å²) in [6.07, 6.45) is 6.94. The van der Waals surface area contributed by atoms with Crippen molar-refractivity contribution in [1.82, 2.24) is 10.2 Å². The number of benzene rings is 2. The van der Waals surface area contributed by atoms with Crippen LogP contribution in [0, 0.1) is 12.3 Å². The first-order chi connectivity index (χ1) is 12.6. The van der Waals surface area contributed by atoms with Crippen LogP contribution in [0.15, 0.2) is 54.2 Å². The third-order valence-electron chi connectivity index (χ3n) is 3.78. The van der Waals surface area contributed by atoms with E-state index in [-0.39, 0.29) is 12.5 Å². The number of nitrogens with zero attached hydrogens (tertiary/aromatic N) is 1. The average Bonchev–Trinajstić information content (AvgIpc) is 2.90. The van der Waals surface area contributed by atoms with Crippen molar-refractivity contribution in [2.24, 2.45) is 0 Å². The molecule has 1 heterocycles. The van der Waals surface area contributed by atoms with Gasteiger partial charge in [0.25, 0.3) is 5.91 Å². The van der Waals surface area contributed by atoms with Gasteiger partial charge in [-0.15, -0.1) is 6.42 Å². The van der Waals surface area contributed by atoms with Crippen LogP contribution in [0.4, 0.5) is 0 Å². The van der Waals surface area contributed by atoms with E-state index >= 15 is 0 Å². The van der Waals surface area contributed by atoms with E-state index in [9.17, 15) is 4.79 Å². The van der Waals surface area contributed by atoms with Gasteiger partial charge in [0.2, 0.25) is 0 Å². The second-order valence-electron chi connectivity index (χ2n) is 5.50. The molecule has 1 aliphatic rings. The number of thiocarbonyl (C=S) groups is 1. The molecule has 6 heteroatoms. The molecular weight excluding hydrogens is 368 g/mol. The van der Waals surface area contributed by atoms with E-state index in [0.29, 0.717) is 28.1 Å². The van der Waals surface area contributed by atoms with Crippen molar-refractivity contribution in [3.63, 3.8) is 0 Å². The molecule has 0 atom stereocenters. The Morgan fingerprint density at radius 3 is 2.73 bits per heavy atom. The smallest absolute Gasteiger partial charge is 0.276 e. The van der Waals surface area contributed by atoms with E-state index in [2.05, 4.69) is 11.2 Å². The number of halogens is 1. The zero-order valence-electron chi connectivity index (χ0n) is 13.7. The zero-order valence-corrected chi connectivity index (χ0v) is 15.3. The lowest BCUT2D eigenvalue weighted by molar-refractivity contribution is -0.122. The summed E-state index contributed by atoms with van der Waals surface area (Å²) in [5.41, 5.74) is 1.94. The van der Waals surface area contributed by atoms with Gasteiger partial charge in [-0.1, -0.05) is 53.9 Å². The van der Waals surface area contributed by atoms with Gasteiger partial charge >= 0.3 is 0 Å². The predicted octanol–water partition coefficient (Wildman–Crippen LogP) is 3.61. The van der Waals surface area contributed by atoms with Crippen LogP contribution in [0.3, 0.4) is 0 Å². The molecule has 1 amide bonds. The summed E-state index contributed by atoms with van der Waals surface area (Å²) in [5, 5.41) is 3.88. The van der Waals surface area contributed by atoms with Gasteiger partial charge < -0.3 is 10.1 Å². The van der Waals surface area contributed by atoms with Crippen molar-refractivity contribution in [1.29, 1.82) is 0 Å². The molecule has 0 radical (unpaired) electrons. The molecule has 1 aliphatic heterocycles. The fourth-order valence-corrected chi connectivity index (χ4v) is 2.97. The first kappa shape index (κ1) is 18.0. The number of nitrogens with one attached hydrogen (secondary N) is 1. The summed E-state index contributed by atoms with van der Waals surface area (Å²) in [4.78, 5) is 14.2. The first-order valence-corrected chi connectivity index (χ1v) is 8.62. The van der Waals surface area contributed by atoms with Crippen molar-refractivity contribution in [2.75, 3.05) is 6.61 Å². The summed E-state index contributed by atoms with van der Waals surface area (Å²) in [5.74, 6) is 2.80. The lowest BCUT2D eigenvalue weighted by Gasteiger charge is -2.14. The molecule has 0 saturated carbocycles. The SMILES string of the molecule is C#CCOc1ccccc1/C=C1/NC(=S)N(Cc2ccccc2Cl)C1=O. The Kier molecular flexibility index (Phi) is 5.57. The minimum atomic E-state index is -0.221. The van der Waals surface area contributed by atoms with Crippen LogP contribution in [0.1, 0.15) is 11.1 Å². The van der Waals surface area contributed by atoms with E-state index in [1.807, 2.05) is 36.4 Å². The number of ether oxygens (including phenoxy) is 1. The third kappa shape index (κ3) is 3.88. The monoisotopic (exact) mass is 382 g/mol. The Bertz CT molecular complexity index is 933. The highest BCUT2D eigenvalue weighted by Crippen LogP contribution is 2.24. The maximum Gasteiger partial charge on any atom is 0.276 e. The van der Waals surface area contributed by atoms with Crippen molar-refractivity contribution in [3.8, 4) is 18.1 Å². The van der Waals surface area contributed by atoms with Crippen molar-refractivity contribution >= 4 is 40.9 Å². The minimum absolute atomic E-state index is 0.151. The summed E-state index contributed by atoms with van der Waals surface area (Å²) in [7, 11) is 0. The molecule has 1 saturated heterocycles. The maximum atomic E-state index is 12.8.